The van der Waals surface area contributed by atoms with Crippen molar-refractivity contribution in [2.45, 2.75) is 39.2 Å². The zero-order valence-corrected chi connectivity index (χ0v) is 10.8. The number of carboxylic acid groups (broad SMARTS) is 1. The Kier molecular flexibility index (Phi) is 4.78. The van der Waals surface area contributed by atoms with Crippen LogP contribution in [0.2, 0.25) is 0 Å². The van der Waals surface area contributed by atoms with E-state index in [1.807, 2.05) is 13.8 Å². The third-order valence-electron chi connectivity index (χ3n) is 3.33. The lowest BCUT2D eigenvalue weighted by molar-refractivity contribution is -0.140. The minimum atomic E-state index is -0.965. The lowest BCUT2D eigenvalue weighted by Crippen LogP contribution is -2.49. The molecule has 17 heavy (non-hydrogen) atoms. The fourth-order valence-corrected chi connectivity index (χ4v) is 1.70. The van der Waals surface area contributed by atoms with Gasteiger partial charge in [-0.25, -0.2) is 9.59 Å². The standard InChI is InChI=1S/C12H22N2O3/c1-4-8(2)10(11(15)16)13-12(17)14(3)7-9-5-6-9/h8-10H,4-7H2,1-3H3,(H,13,17)(H,15,16)/t8?,10-/m0/s1. The first kappa shape index (κ1) is 13.8. The van der Waals surface area contributed by atoms with Crippen molar-refractivity contribution in [3.05, 3.63) is 0 Å². The molecule has 0 bridgehead atoms. The highest BCUT2D eigenvalue weighted by Gasteiger charge is 2.29. The normalized spacial score (nSPS) is 18.3. The van der Waals surface area contributed by atoms with E-state index in [1.165, 1.54) is 12.8 Å². The maximum Gasteiger partial charge on any atom is 0.326 e. The second kappa shape index (κ2) is 5.89. The van der Waals surface area contributed by atoms with E-state index in [9.17, 15) is 9.59 Å². The average Bonchev–Trinajstić information content (AvgIpc) is 3.07. The van der Waals surface area contributed by atoms with Crippen molar-refractivity contribution in [1.82, 2.24) is 10.2 Å². The number of nitrogens with zero attached hydrogens (tertiary/aromatic N) is 1. The predicted molar refractivity (Wildman–Crippen MR) is 64.8 cm³/mol. The predicted octanol–water partition coefficient (Wildman–Crippen LogP) is 1.54. The van der Waals surface area contributed by atoms with E-state index in [0.29, 0.717) is 5.92 Å². The van der Waals surface area contributed by atoms with Crippen molar-refractivity contribution in [2.24, 2.45) is 11.8 Å². The lowest BCUT2D eigenvalue weighted by Gasteiger charge is -2.24. The zero-order chi connectivity index (χ0) is 13.0. The molecule has 0 spiro atoms. The van der Waals surface area contributed by atoms with Crippen LogP contribution < -0.4 is 5.32 Å². The summed E-state index contributed by atoms with van der Waals surface area (Å²) >= 11 is 0. The molecule has 0 radical (unpaired) electrons. The summed E-state index contributed by atoms with van der Waals surface area (Å²) in [5.41, 5.74) is 0. The number of carbonyl (C=O) groups is 2. The highest BCUT2D eigenvalue weighted by molar-refractivity contribution is 5.82. The van der Waals surface area contributed by atoms with E-state index >= 15 is 0 Å². The highest BCUT2D eigenvalue weighted by atomic mass is 16.4. The Balaban J connectivity index is 2.47. The molecule has 1 aliphatic carbocycles. The van der Waals surface area contributed by atoms with Crippen LogP contribution in [0.1, 0.15) is 33.1 Å². The Morgan fingerprint density at radius 1 is 1.47 bits per heavy atom. The van der Waals surface area contributed by atoms with Crippen LogP contribution in [0.15, 0.2) is 0 Å². The Morgan fingerprint density at radius 2 is 2.06 bits per heavy atom. The summed E-state index contributed by atoms with van der Waals surface area (Å²) in [6.07, 6.45) is 3.07. The maximum absolute atomic E-state index is 11.8. The lowest BCUT2D eigenvalue weighted by atomic mass is 9.99. The van der Waals surface area contributed by atoms with Gasteiger partial charge in [-0.3, -0.25) is 0 Å². The number of aliphatic carboxylic acids is 1. The molecule has 0 aromatic heterocycles. The molecule has 0 saturated heterocycles. The minimum Gasteiger partial charge on any atom is -0.480 e. The van der Waals surface area contributed by atoms with Crippen molar-refractivity contribution in [3.63, 3.8) is 0 Å². The fraction of sp³-hybridized carbons (Fsp3) is 0.833. The highest BCUT2D eigenvalue weighted by Crippen LogP contribution is 2.29. The van der Waals surface area contributed by atoms with E-state index < -0.39 is 12.0 Å². The van der Waals surface area contributed by atoms with Gasteiger partial charge in [0.1, 0.15) is 6.04 Å². The van der Waals surface area contributed by atoms with Crippen molar-refractivity contribution in [2.75, 3.05) is 13.6 Å². The second-order valence-corrected chi connectivity index (χ2v) is 4.97. The Morgan fingerprint density at radius 3 is 2.47 bits per heavy atom. The van der Waals surface area contributed by atoms with Crippen LogP contribution in [0.3, 0.4) is 0 Å². The first-order chi connectivity index (χ1) is 7.95. The summed E-state index contributed by atoms with van der Waals surface area (Å²) in [6, 6.07) is -1.08. The largest absolute Gasteiger partial charge is 0.480 e. The number of amides is 2. The van der Waals surface area contributed by atoms with Crippen LogP contribution in [-0.4, -0.2) is 41.6 Å². The molecule has 5 heteroatoms. The van der Waals surface area contributed by atoms with Gasteiger partial charge in [-0.15, -0.1) is 0 Å². The summed E-state index contributed by atoms with van der Waals surface area (Å²) in [7, 11) is 1.71. The number of urea groups is 1. The zero-order valence-electron chi connectivity index (χ0n) is 10.8. The van der Waals surface area contributed by atoms with Gasteiger partial charge in [0.15, 0.2) is 0 Å². The molecule has 2 amide bonds. The van der Waals surface area contributed by atoms with Gasteiger partial charge >= 0.3 is 12.0 Å². The summed E-state index contributed by atoms with van der Waals surface area (Å²) in [5.74, 6) is -0.420. The van der Waals surface area contributed by atoms with E-state index in [4.69, 9.17) is 5.11 Å². The molecule has 1 saturated carbocycles. The Bertz CT molecular complexity index is 289. The molecule has 0 heterocycles. The molecule has 0 aromatic carbocycles. The van der Waals surface area contributed by atoms with Gasteiger partial charge in [0.2, 0.25) is 0 Å². The van der Waals surface area contributed by atoms with Crippen LogP contribution in [0.5, 0.6) is 0 Å². The average molecular weight is 242 g/mol. The molecule has 2 atom stereocenters. The monoisotopic (exact) mass is 242 g/mol. The number of hydrogen-bond acceptors (Lipinski definition) is 2. The fourth-order valence-electron chi connectivity index (χ4n) is 1.70. The summed E-state index contributed by atoms with van der Waals surface area (Å²) in [5, 5.41) is 11.7. The van der Waals surface area contributed by atoms with Crippen LogP contribution in [0.25, 0.3) is 0 Å². The van der Waals surface area contributed by atoms with Gasteiger partial charge in [-0.2, -0.15) is 0 Å². The topological polar surface area (TPSA) is 69.6 Å². The smallest absolute Gasteiger partial charge is 0.326 e. The van der Waals surface area contributed by atoms with Gasteiger partial charge in [0, 0.05) is 13.6 Å². The Hall–Kier alpha value is -1.26. The molecular weight excluding hydrogens is 220 g/mol. The minimum absolute atomic E-state index is 0.0641. The van der Waals surface area contributed by atoms with E-state index in [0.717, 1.165) is 13.0 Å². The quantitative estimate of drug-likeness (QED) is 0.742. The van der Waals surface area contributed by atoms with Gasteiger partial charge in [0.25, 0.3) is 0 Å². The van der Waals surface area contributed by atoms with Crippen LogP contribution in [0, 0.1) is 11.8 Å². The molecule has 1 rings (SSSR count). The number of carboxylic acids is 1. The first-order valence-electron chi connectivity index (χ1n) is 6.20. The Labute approximate surface area is 102 Å². The number of hydrogen-bond donors (Lipinski definition) is 2. The van der Waals surface area contributed by atoms with Gasteiger partial charge in [-0.05, 0) is 24.7 Å². The molecule has 2 N–H and O–H groups in total. The molecule has 5 nitrogen and oxygen atoms in total. The van der Waals surface area contributed by atoms with Gasteiger partial charge in [-0.1, -0.05) is 20.3 Å². The summed E-state index contributed by atoms with van der Waals surface area (Å²) in [4.78, 5) is 24.4. The SMILES string of the molecule is CCC(C)[C@H](NC(=O)N(C)CC1CC1)C(=O)O. The molecule has 0 aromatic rings. The molecule has 98 valence electrons. The van der Waals surface area contributed by atoms with Crippen molar-refractivity contribution in [3.8, 4) is 0 Å². The van der Waals surface area contributed by atoms with Crippen LogP contribution in [0.4, 0.5) is 4.79 Å². The van der Waals surface area contributed by atoms with Crippen molar-refractivity contribution >= 4 is 12.0 Å². The van der Waals surface area contributed by atoms with E-state index in [2.05, 4.69) is 5.32 Å². The second-order valence-electron chi connectivity index (χ2n) is 4.97. The summed E-state index contributed by atoms with van der Waals surface area (Å²) in [6.45, 7) is 4.47. The van der Waals surface area contributed by atoms with Crippen molar-refractivity contribution < 1.29 is 14.7 Å². The van der Waals surface area contributed by atoms with E-state index in [-0.39, 0.29) is 11.9 Å². The number of nitrogens with one attached hydrogen (secondary N) is 1. The van der Waals surface area contributed by atoms with Crippen LogP contribution >= 0.6 is 0 Å². The third-order valence-corrected chi connectivity index (χ3v) is 3.33. The number of rotatable bonds is 6. The molecule has 1 fully saturated rings. The van der Waals surface area contributed by atoms with Gasteiger partial charge in [0.05, 0.1) is 0 Å². The van der Waals surface area contributed by atoms with Crippen LogP contribution in [-0.2, 0) is 4.79 Å². The third kappa shape index (κ3) is 4.24. The summed E-state index contributed by atoms with van der Waals surface area (Å²) < 4.78 is 0. The molecule has 1 aliphatic rings. The molecular formula is C12H22N2O3. The maximum atomic E-state index is 11.8. The molecule has 1 unspecified atom stereocenters. The van der Waals surface area contributed by atoms with Gasteiger partial charge < -0.3 is 15.3 Å². The van der Waals surface area contributed by atoms with E-state index in [1.54, 1.807) is 11.9 Å². The number of carbonyl (C=O) groups excluding carboxylic acids is 1. The molecule has 0 aliphatic heterocycles. The van der Waals surface area contributed by atoms with Crippen molar-refractivity contribution in [1.29, 1.82) is 0 Å². The first-order valence-corrected chi connectivity index (χ1v) is 6.20.